The number of nitrogens with zero attached hydrogens (tertiary/aromatic N) is 1. The van der Waals surface area contributed by atoms with Gasteiger partial charge in [0.05, 0.1) is 6.17 Å². The Kier molecular flexibility index (Phi) is 1.27. The normalized spacial score (nSPS) is 34.3. The van der Waals surface area contributed by atoms with Crippen molar-refractivity contribution in [2.24, 2.45) is 0 Å². The predicted molar refractivity (Wildman–Crippen MR) is 27.3 cm³/mol. The lowest BCUT2D eigenvalue weighted by molar-refractivity contribution is 0.236. The molecule has 1 heterocycles. The van der Waals surface area contributed by atoms with Crippen LogP contribution in [0.3, 0.4) is 0 Å². The second kappa shape index (κ2) is 1.78. The minimum absolute atomic E-state index is 0.0139. The molecule has 1 aliphatic heterocycles. The Morgan fingerprint density at radius 3 is 2.71 bits per heavy atom. The lowest BCUT2D eigenvalue weighted by Crippen LogP contribution is -2.33. The summed E-state index contributed by atoms with van der Waals surface area (Å²) in [6.07, 6.45) is 0.941. The van der Waals surface area contributed by atoms with E-state index in [9.17, 15) is 0 Å². The molecule has 2 N–H and O–H groups in total. The summed E-state index contributed by atoms with van der Waals surface area (Å²) in [4.78, 5) is 0. The van der Waals surface area contributed by atoms with Gasteiger partial charge in [-0.2, -0.15) is 0 Å². The van der Waals surface area contributed by atoms with Crippen LogP contribution in [0.5, 0.6) is 0 Å². The van der Waals surface area contributed by atoms with Crippen LogP contribution in [0.1, 0.15) is 6.42 Å². The Labute approximate surface area is 43.4 Å². The van der Waals surface area contributed by atoms with E-state index in [0.29, 0.717) is 0 Å². The lowest BCUT2D eigenvalue weighted by Gasteiger charge is -2.11. The summed E-state index contributed by atoms with van der Waals surface area (Å²) in [6.45, 7) is 0.963. The average molecular weight is 100 g/mol. The van der Waals surface area contributed by atoms with Crippen LogP contribution in [0.15, 0.2) is 0 Å². The molecule has 41 valence electrons. The van der Waals surface area contributed by atoms with Crippen LogP contribution < -0.4 is 11.2 Å². The zero-order chi connectivity index (χ0) is 5.28. The fourth-order valence-corrected chi connectivity index (χ4v) is 0.681. The fourth-order valence-electron chi connectivity index (χ4n) is 0.681. The summed E-state index contributed by atoms with van der Waals surface area (Å²) in [5.74, 6) is 0. The average Bonchev–Trinajstić information content (AvgIpc) is 1.91. The first-order valence-electron chi connectivity index (χ1n) is 2.48. The predicted octanol–water partition coefficient (Wildman–Crippen LogP) is -0.565. The number of hydrazine groups is 1. The van der Waals surface area contributed by atoms with E-state index >= 15 is 0 Å². The van der Waals surface area contributed by atoms with Gasteiger partial charge in [0.25, 0.3) is 0 Å². The molecule has 1 radical (unpaired) electrons. The van der Waals surface area contributed by atoms with Crippen LogP contribution in [-0.4, -0.2) is 24.8 Å². The molecule has 1 rings (SSSR count). The number of rotatable bonds is 0. The van der Waals surface area contributed by atoms with Crippen LogP contribution >= 0.6 is 0 Å². The van der Waals surface area contributed by atoms with Gasteiger partial charge < -0.3 is 0 Å². The van der Waals surface area contributed by atoms with Gasteiger partial charge in [0, 0.05) is 13.6 Å². The Hall–Kier alpha value is -0.120. The summed E-state index contributed by atoms with van der Waals surface area (Å²) in [5.41, 5.74) is 10.2. The molecule has 0 aromatic heterocycles. The van der Waals surface area contributed by atoms with E-state index in [4.69, 9.17) is 5.73 Å². The molecule has 1 unspecified atom stereocenters. The summed E-state index contributed by atoms with van der Waals surface area (Å²) < 4.78 is 0. The van der Waals surface area contributed by atoms with Gasteiger partial charge in [-0.15, -0.1) is 0 Å². The minimum Gasteiger partial charge on any atom is -0.254 e. The van der Waals surface area contributed by atoms with Crippen molar-refractivity contribution in [1.82, 2.24) is 16.2 Å². The Morgan fingerprint density at radius 2 is 2.57 bits per heavy atom. The third-order valence-corrected chi connectivity index (χ3v) is 1.25. The van der Waals surface area contributed by atoms with Gasteiger partial charge in [0.15, 0.2) is 0 Å². The van der Waals surface area contributed by atoms with Gasteiger partial charge in [-0.05, 0) is 6.42 Å². The fraction of sp³-hybridized carbons (Fsp3) is 1.00. The molecule has 1 saturated heterocycles. The highest BCUT2D eigenvalue weighted by atomic mass is 15.5. The third kappa shape index (κ3) is 0.907. The van der Waals surface area contributed by atoms with Crippen LogP contribution in [0, 0.1) is 0 Å². The van der Waals surface area contributed by atoms with Crippen molar-refractivity contribution in [1.29, 1.82) is 0 Å². The first-order valence-corrected chi connectivity index (χ1v) is 2.48. The van der Waals surface area contributed by atoms with E-state index in [2.05, 4.69) is 5.43 Å². The molecule has 1 fully saturated rings. The summed E-state index contributed by atoms with van der Waals surface area (Å²) in [7, 11) is 1.89. The molecule has 0 saturated carbocycles. The van der Waals surface area contributed by atoms with Crippen molar-refractivity contribution in [2.45, 2.75) is 12.6 Å². The number of hydrogen-bond donors (Lipinski definition) is 1. The van der Waals surface area contributed by atoms with Crippen molar-refractivity contribution >= 4 is 0 Å². The highest BCUT2D eigenvalue weighted by Crippen LogP contribution is 1.98. The maximum absolute atomic E-state index is 7.20. The molecule has 1 aliphatic rings. The zero-order valence-corrected chi connectivity index (χ0v) is 4.44. The molecule has 7 heavy (non-hydrogen) atoms. The van der Waals surface area contributed by atoms with Crippen LogP contribution in [-0.2, 0) is 0 Å². The van der Waals surface area contributed by atoms with E-state index in [0.717, 1.165) is 13.0 Å². The molecular weight excluding hydrogens is 90.1 g/mol. The Balaban J connectivity index is 2.33. The summed E-state index contributed by atoms with van der Waals surface area (Å²) in [5, 5.41) is 1.82. The van der Waals surface area contributed by atoms with E-state index in [1.807, 2.05) is 12.1 Å². The third-order valence-electron chi connectivity index (χ3n) is 1.25. The SMILES string of the molecule is CN1NCCC1[NH]. The maximum Gasteiger partial charge on any atom is 0.0870 e. The molecule has 1 atom stereocenters. The quantitative estimate of drug-likeness (QED) is 0.443. The van der Waals surface area contributed by atoms with Gasteiger partial charge in [-0.25, -0.2) is 10.7 Å². The zero-order valence-electron chi connectivity index (χ0n) is 4.44. The summed E-state index contributed by atoms with van der Waals surface area (Å²) >= 11 is 0. The van der Waals surface area contributed by atoms with E-state index in [1.165, 1.54) is 0 Å². The summed E-state index contributed by atoms with van der Waals surface area (Å²) in [6, 6.07) is 0. The van der Waals surface area contributed by atoms with E-state index in [-0.39, 0.29) is 6.17 Å². The Morgan fingerprint density at radius 1 is 1.86 bits per heavy atom. The lowest BCUT2D eigenvalue weighted by atomic mass is 10.4. The molecule has 0 bridgehead atoms. The van der Waals surface area contributed by atoms with Crippen molar-refractivity contribution in [2.75, 3.05) is 13.6 Å². The number of nitrogens with one attached hydrogen (secondary N) is 2. The van der Waals surface area contributed by atoms with Crippen molar-refractivity contribution < 1.29 is 0 Å². The van der Waals surface area contributed by atoms with E-state index < -0.39 is 0 Å². The van der Waals surface area contributed by atoms with Gasteiger partial charge in [0.1, 0.15) is 0 Å². The van der Waals surface area contributed by atoms with E-state index in [1.54, 1.807) is 0 Å². The standard InChI is InChI=1S/C4H10N3/c1-7-4(5)2-3-6-7/h4-6H,2-3H2,1H3. The molecule has 0 aromatic carbocycles. The minimum atomic E-state index is -0.0139. The first-order chi connectivity index (χ1) is 3.30. The smallest absolute Gasteiger partial charge is 0.0870 e. The van der Waals surface area contributed by atoms with Gasteiger partial charge in [-0.3, -0.25) is 5.43 Å². The van der Waals surface area contributed by atoms with Crippen molar-refractivity contribution in [3.63, 3.8) is 0 Å². The molecule has 0 aromatic rings. The first kappa shape index (κ1) is 5.03. The molecule has 0 aliphatic carbocycles. The monoisotopic (exact) mass is 100 g/mol. The molecule has 3 nitrogen and oxygen atoms in total. The number of hydrogen-bond acceptors (Lipinski definition) is 2. The van der Waals surface area contributed by atoms with Crippen molar-refractivity contribution in [3.05, 3.63) is 0 Å². The highest BCUT2D eigenvalue weighted by Gasteiger charge is 2.14. The molecule has 3 heteroatoms. The second-order valence-corrected chi connectivity index (χ2v) is 1.82. The molecule has 0 spiro atoms. The topological polar surface area (TPSA) is 39.1 Å². The molecule has 0 amide bonds. The van der Waals surface area contributed by atoms with Crippen molar-refractivity contribution in [3.8, 4) is 0 Å². The van der Waals surface area contributed by atoms with Gasteiger partial charge >= 0.3 is 0 Å². The molecular formula is C4H10N3. The largest absolute Gasteiger partial charge is 0.254 e. The Bertz CT molecular complexity index is 56.0. The second-order valence-electron chi connectivity index (χ2n) is 1.82. The van der Waals surface area contributed by atoms with Gasteiger partial charge in [-0.1, -0.05) is 0 Å². The van der Waals surface area contributed by atoms with Crippen LogP contribution in [0.25, 0.3) is 0 Å². The maximum atomic E-state index is 7.20. The highest BCUT2D eigenvalue weighted by molar-refractivity contribution is 4.64. The van der Waals surface area contributed by atoms with Crippen LogP contribution in [0.2, 0.25) is 0 Å². The van der Waals surface area contributed by atoms with Crippen LogP contribution in [0.4, 0.5) is 0 Å². The van der Waals surface area contributed by atoms with Gasteiger partial charge in [0.2, 0.25) is 0 Å².